The number of rotatable bonds is 5. The van der Waals surface area contributed by atoms with Gasteiger partial charge in [0.2, 0.25) is 5.91 Å². The van der Waals surface area contributed by atoms with Crippen molar-refractivity contribution in [2.45, 2.75) is 45.1 Å². The Bertz CT molecular complexity index is 749. The molecular weight excluding hydrogens is 322 g/mol. The zero-order chi connectivity index (χ0) is 17.8. The Kier molecular flexibility index (Phi) is 5.49. The van der Waals surface area contributed by atoms with Gasteiger partial charge >= 0.3 is 0 Å². The highest BCUT2D eigenvalue weighted by Gasteiger charge is 2.23. The van der Waals surface area contributed by atoms with Gasteiger partial charge in [-0.15, -0.1) is 0 Å². The van der Waals surface area contributed by atoms with E-state index in [1.165, 1.54) is 36.6 Å². The van der Waals surface area contributed by atoms with Crippen molar-refractivity contribution < 1.29 is 4.79 Å². The van der Waals surface area contributed by atoms with Crippen LogP contribution >= 0.6 is 0 Å². The smallest absolute Gasteiger partial charge is 0.222 e. The lowest BCUT2D eigenvalue weighted by Crippen LogP contribution is -2.36. The molecule has 2 aliphatic rings. The van der Waals surface area contributed by atoms with Gasteiger partial charge in [0.05, 0.1) is 5.52 Å². The predicted octanol–water partition coefficient (Wildman–Crippen LogP) is 3.85. The van der Waals surface area contributed by atoms with Crippen LogP contribution in [-0.2, 0) is 11.3 Å². The van der Waals surface area contributed by atoms with Gasteiger partial charge in [-0.25, -0.2) is 0 Å². The summed E-state index contributed by atoms with van der Waals surface area (Å²) >= 11 is 0. The normalized spacial score (nSPS) is 21.4. The number of hydrogen-bond donors (Lipinski definition) is 0. The van der Waals surface area contributed by atoms with Gasteiger partial charge in [0.15, 0.2) is 0 Å². The molecule has 0 spiro atoms. The van der Waals surface area contributed by atoms with Gasteiger partial charge in [0, 0.05) is 44.2 Å². The fraction of sp³-hybridized carbons (Fsp3) is 0.545. The molecule has 3 heterocycles. The van der Waals surface area contributed by atoms with Crippen molar-refractivity contribution in [3.8, 4) is 0 Å². The largest absolute Gasteiger partial charge is 0.343 e. The van der Waals surface area contributed by atoms with Crippen molar-refractivity contribution in [2.24, 2.45) is 5.92 Å². The lowest BCUT2D eigenvalue weighted by atomic mass is 9.92. The molecule has 1 unspecified atom stereocenters. The summed E-state index contributed by atoms with van der Waals surface area (Å²) in [5.41, 5.74) is 2.44. The van der Waals surface area contributed by atoms with E-state index < -0.39 is 0 Å². The summed E-state index contributed by atoms with van der Waals surface area (Å²) in [5.74, 6) is 1.03. The van der Waals surface area contributed by atoms with Gasteiger partial charge in [0.25, 0.3) is 0 Å². The highest BCUT2D eigenvalue weighted by molar-refractivity contribution is 5.81. The molecule has 1 aromatic heterocycles. The molecule has 2 aromatic rings. The first kappa shape index (κ1) is 17.5. The standard InChI is InChI=1S/C22H29N3O/c26-22(25-14-3-4-15-25)10-9-18-6-5-13-24(16-18)17-19-11-12-23-21-8-2-1-7-20(19)21/h1-2,7-8,11-12,18H,3-6,9-10,13-17H2. The van der Waals surface area contributed by atoms with Crippen LogP contribution in [0.1, 0.15) is 44.1 Å². The lowest BCUT2D eigenvalue weighted by Gasteiger charge is -2.33. The summed E-state index contributed by atoms with van der Waals surface area (Å²) in [6, 6.07) is 10.6. The maximum atomic E-state index is 12.3. The van der Waals surface area contributed by atoms with Crippen LogP contribution in [0.5, 0.6) is 0 Å². The number of pyridine rings is 1. The monoisotopic (exact) mass is 351 g/mol. The first-order valence-electron chi connectivity index (χ1n) is 10.1. The molecule has 4 rings (SSSR count). The summed E-state index contributed by atoms with van der Waals surface area (Å²) in [6.07, 6.45) is 8.57. The molecule has 4 heteroatoms. The average Bonchev–Trinajstić information content (AvgIpc) is 3.22. The van der Waals surface area contributed by atoms with Crippen LogP contribution in [-0.4, -0.2) is 46.9 Å². The van der Waals surface area contributed by atoms with Crippen LogP contribution in [0.25, 0.3) is 10.9 Å². The van der Waals surface area contributed by atoms with Gasteiger partial charge in [-0.1, -0.05) is 18.2 Å². The van der Waals surface area contributed by atoms with Gasteiger partial charge in [-0.05, 0) is 62.3 Å². The Morgan fingerprint density at radius 3 is 2.81 bits per heavy atom. The van der Waals surface area contributed by atoms with Crippen molar-refractivity contribution in [2.75, 3.05) is 26.2 Å². The maximum Gasteiger partial charge on any atom is 0.222 e. The second kappa shape index (κ2) is 8.17. The number of piperidine rings is 1. The van der Waals surface area contributed by atoms with Crippen molar-refractivity contribution >= 4 is 16.8 Å². The number of carbonyl (C=O) groups is 1. The molecule has 26 heavy (non-hydrogen) atoms. The number of nitrogens with zero attached hydrogens (tertiary/aromatic N) is 3. The third kappa shape index (κ3) is 4.07. The quantitative estimate of drug-likeness (QED) is 0.821. The summed E-state index contributed by atoms with van der Waals surface area (Å²) in [7, 11) is 0. The van der Waals surface area contributed by atoms with E-state index in [1.54, 1.807) is 0 Å². The summed E-state index contributed by atoms with van der Waals surface area (Å²) in [6.45, 7) is 5.21. The highest BCUT2D eigenvalue weighted by atomic mass is 16.2. The van der Waals surface area contributed by atoms with Crippen LogP contribution in [0.3, 0.4) is 0 Å². The van der Waals surface area contributed by atoms with E-state index in [9.17, 15) is 4.79 Å². The summed E-state index contributed by atoms with van der Waals surface area (Å²) in [5, 5.41) is 1.27. The molecule has 1 atom stereocenters. The van der Waals surface area contributed by atoms with Crippen molar-refractivity contribution in [1.29, 1.82) is 0 Å². The number of hydrogen-bond acceptors (Lipinski definition) is 3. The van der Waals surface area contributed by atoms with E-state index in [4.69, 9.17) is 0 Å². The number of aromatic nitrogens is 1. The lowest BCUT2D eigenvalue weighted by molar-refractivity contribution is -0.130. The Morgan fingerprint density at radius 2 is 1.92 bits per heavy atom. The molecule has 1 aromatic carbocycles. The minimum atomic E-state index is 0.375. The van der Waals surface area contributed by atoms with E-state index in [0.29, 0.717) is 11.8 Å². The fourth-order valence-corrected chi connectivity index (χ4v) is 4.52. The first-order valence-corrected chi connectivity index (χ1v) is 10.1. The van der Waals surface area contributed by atoms with Crippen molar-refractivity contribution in [3.05, 3.63) is 42.1 Å². The summed E-state index contributed by atoms with van der Waals surface area (Å²) < 4.78 is 0. The molecular formula is C22H29N3O. The van der Waals surface area contributed by atoms with E-state index in [1.807, 2.05) is 12.3 Å². The van der Waals surface area contributed by atoms with Gasteiger partial charge in [0.1, 0.15) is 0 Å². The first-order chi connectivity index (χ1) is 12.8. The van der Waals surface area contributed by atoms with Crippen LogP contribution in [0.2, 0.25) is 0 Å². The SMILES string of the molecule is O=C(CCC1CCCN(Cc2ccnc3ccccc23)C1)N1CCCC1. The molecule has 2 fully saturated rings. The molecule has 0 saturated carbocycles. The highest BCUT2D eigenvalue weighted by Crippen LogP contribution is 2.25. The Balaban J connectivity index is 1.34. The van der Waals surface area contributed by atoms with Gasteiger partial charge in [-0.2, -0.15) is 0 Å². The van der Waals surface area contributed by atoms with E-state index in [-0.39, 0.29) is 0 Å². The van der Waals surface area contributed by atoms with Crippen LogP contribution in [0, 0.1) is 5.92 Å². The molecule has 2 aliphatic heterocycles. The zero-order valence-electron chi connectivity index (χ0n) is 15.6. The number of para-hydroxylation sites is 1. The fourth-order valence-electron chi connectivity index (χ4n) is 4.52. The van der Waals surface area contributed by atoms with Gasteiger partial charge in [-0.3, -0.25) is 14.7 Å². The molecule has 0 radical (unpaired) electrons. The van der Waals surface area contributed by atoms with Crippen LogP contribution < -0.4 is 0 Å². The molecule has 138 valence electrons. The summed E-state index contributed by atoms with van der Waals surface area (Å²) in [4.78, 5) is 21.4. The third-order valence-corrected chi connectivity index (χ3v) is 5.96. The molecule has 0 aliphatic carbocycles. The zero-order valence-corrected chi connectivity index (χ0v) is 15.6. The minimum Gasteiger partial charge on any atom is -0.343 e. The molecule has 1 amide bonds. The van der Waals surface area contributed by atoms with Gasteiger partial charge < -0.3 is 4.90 Å². The number of amides is 1. The number of carbonyl (C=O) groups excluding carboxylic acids is 1. The predicted molar refractivity (Wildman–Crippen MR) is 105 cm³/mol. The third-order valence-electron chi connectivity index (χ3n) is 5.96. The second-order valence-corrected chi connectivity index (χ2v) is 7.86. The van der Waals surface area contributed by atoms with Crippen molar-refractivity contribution in [1.82, 2.24) is 14.8 Å². The molecule has 0 bridgehead atoms. The number of likely N-dealkylation sites (tertiary alicyclic amines) is 2. The minimum absolute atomic E-state index is 0.375. The molecule has 4 nitrogen and oxygen atoms in total. The average molecular weight is 351 g/mol. The molecule has 0 N–H and O–H groups in total. The van der Waals surface area contributed by atoms with E-state index in [2.05, 4.69) is 39.0 Å². The Labute approximate surface area is 156 Å². The topological polar surface area (TPSA) is 36.4 Å². The number of fused-ring (bicyclic) bond motifs is 1. The van der Waals surface area contributed by atoms with Crippen LogP contribution in [0.4, 0.5) is 0 Å². The van der Waals surface area contributed by atoms with E-state index >= 15 is 0 Å². The van der Waals surface area contributed by atoms with E-state index in [0.717, 1.165) is 51.1 Å². The number of benzene rings is 1. The second-order valence-electron chi connectivity index (χ2n) is 7.86. The Morgan fingerprint density at radius 1 is 1.08 bits per heavy atom. The van der Waals surface area contributed by atoms with Crippen molar-refractivity contribution in [3.63, 3.8) is 0 Å². The van der Waals surface area contributed by atoms with Crippen LogP contribution in [0.15, 0.2) is 36.5 Å². The molecule has 2 saturated heterocycles. The Hall–Kier alpha value is -1.94. The maximum absolute atomic E-state index is 12.3.